The highest BCUT2D eigenvalue weighted by atomic mass is 16.2. The number of carbonyl (C=O) groups excluding carboxylic acids is 1. The molecule has 2 aromatic heterocycles. The second-order valence-corrected chi connectivity index (χ2v) is 3.63. The lowest BCUT2D eigenvalue weighted by Gasteiger charge is -1.98. The van der Waals surface area contributed by atoms with Crippen molar-refractivity contribution in [3.8, 4) is 11.5 Å². The number of primary amides is 1. The zero-order chi connectivity index (χ0) is 12.5. The molecule has 0 aliphatic rings. The average Bonchev–Trinajstić information content (AvgIpc) is 2.88. The molecule has 2 N–H and O–H groups in total. The molecule has 7 heteroatoms. The van der Waals surface area contributed by atoms with Crippen LogP contribution in [0.1, 0.15) is 0 Å². The predicted octanol–water partition coefficient (Wildman–Crippen LogP) is 0.815. The van der Waals surface area contributed by atoms with Crippen LogP contribution in [0.25, 0.3) is 22.4 Å². The lowest BCUT2D eigenvalue weighted by Crippen LogP contribution is -2.22. The summed E-state index contributed by atoms with van der Waals surface area (Å²) in [5, 5.41) is 12.1. The van der Waals surface area contributed by atoms with Crippen molar-refractivity contribution in [3.63, 3.8) is 0 Å². The van der Waals surface area contributed by atoms with Crippen LogP contribution >= 0.6 is 0 Å². The van der Waals surface area contributed by atoms with E-state index < -0.39 is 6.03 Å². The van der Waals surface area contributed by atoms with Crippen LogP contribution in [0.15, 0.2) is 36.4 Å². The van der Waals surface area contributed by atoms with E-state index in [0.717, 1.165) is 15.7 Å². The van der Waals surface area contributed by atoms with E-state index in [-0.39, 0.29) is 5.82 Å². The van der Waals surface area contributed by atoms with Gasteiger partial charge >= 0.3 is 6.03 Å². The van der Waals surface area contributed by atoms with Crippen molar-refractivity contribution < 1.29 is 4.79 Å². The molecule has 3 rings (SSSR count). The van der Waals surface area contributed by atoms with Crippen LogP contribution in [0.3, 0.4) is 0 Å². The van der Waals surface area contributed by atoms with Gasteiger partial charge in [0.1, 0.15) is 5.69 Å². The summed E-state index contributed by atoms with van der Waals surface area (Å²) in [7, 11) is 0. The monoisotopic (exact) mass is 240 g/mol. The molecule has 0 aliphatic heterocycles. The van der Waals surface area contributed by atoms with Crippen LogP contribution in [0.4, 0.5) is 4.79 Å². The molecule has 0 aliphatic carbocycles. The van der Waals surface area contributed by atoms with E-state index in [9.17, 15) is 4.79 Å². The Labute approximate surface area is 101 Å². The minimum absolute atomic E-state index is 0.263. The number of benzene rings is 1. The van der Waals surface area contributed by atoms with Crippen LogP contribution in [0.2, 0.25) is 0 Å². The van der Waals surface area contributed by atoms with Gasteiger partial charge in [0.2, 0.25) is 5.82 Å². The average molecular weight is 240 g/mol. The Balaban J connectivity index is 2.10. The standard InChI is InChI=1S/C11H8N6O/c12-11(18)17-15-10(14-16-17)9-6-5-7-3-1-2-4-8(7)13-9/h1-6H,(H2,12,18). The Hall–Kier alpha value is -2.83. The molecule has 1 aromatic carbocycles. The second kappa shape index (κ2) is 3.88. The summed E-state index contributed by atoms with van der Waals surface area (Å²) in [4.78, 5) is 16.0. The normalized spacial score (nSPS) is 10.7. The number of tetrazole rings is 1. The molecule has 0 fully saturated rings. The smallest absolute Gasteiger partial charge is 0.348 e. The first-order valence-electron chi connectivity index (χ1n) is 5.20. The molecular weight excluding hydrogens is 232 g/mol. The third-order valence-electron chi connectivity index (χ3n) is 2.44. The van der Waals surface area contributed by atoms with E-state index in [1.165, 1.54) is 0 Å². The number of fused-ring (bicyclic) bond motifs is 1. The van der Waals surface area contributed by atoms with Gasteiger partial charge in [-0.05, 0) is 17.3 Å². The van der Waals surface area contributed by atoms with Gasteiger partial charge in [0, 0.05) is 5.39 Å². The first-order chi connectivity index (χ1) is 8.74. The lowest BCUT2D eigenvalue weighted by atomic mass is 10.2. The molecule has 18 heavy (non-hydrogen) atoms. The minimum Gasteiger partial charge on any atom is -0.348 e. The van der Waals surface area contributed by atoms with Gasteiger partial charge in [-0.2, -0.15) is 0 Å². The van der Waals surface area contributed by atoms with Crippen LogP contribution in [0, 0.1) is 0 Å². The number of rotatable bonds is 1. The van der Waals surface area contributed by atoms with Crippen LogP contribution < -0.4 is 5.73 Å². The molecule has 88 valence electrons. The Kier molecular flexibility index (Phi) is 2.23. The Morgan fingerprint density at radius 3 is 2.78 bits per heavy atom. The molecular formula is C11H8N6O. The van der Waals surface area contributed by atoms with E-state index in [1.807, 2.05) is 30.3 Å². The summed E-state index contributed by atoms with van der Waals surface area (Å²) >= 11 is 0. The number of pyridine rings is 1. The number of nitrogens with zero attached hydrogens (tertiary/aromatic N) is 5. The number of aromatic nitrogens is 5. The van der Waals surface area contributed by atoms with Crippen molar-refractivity contribution in [1.29, 1.82) is 0 Å². The Morgan fingerprint density at radius 1 is 1.17 bits per heavy atom. The number of carbonyl (C=O) groups is 1. The highest BCUT2D eigenvalue weighted by Crippen LogP contribution is 2.16. The summed E-state index contributed by atoms with van der Waals surface area (Å²) in [6.45, 7) is 0. The molecule has 3 aromatic rings. The molecule has 0 unspecified atom stereocenters. The second-order valence-electron chi connectivity index (χ2n) is 3.63. The van der Waals surface area contributed by atoms with Crippen molar-refractivity contribution >= 4 is 16.9 Å². The molecule has 0 bridgehead atoms. The summed E-state index contributed by atoms with van der Waals surface area (Å²) < 4.78 is 0. The minimum atomic E-state index is -0.783. The van der Waals surface area contributed by atoms with Crippen molar-refractivity contribution in [3.05, 3.63) is 36.4 Å². The first-order valence-corrected chi connectivity index (χ1v) is 5.20. The van der Waals surface area contributed by atoms with Crippen molar-refractivity contribution in [1.82, 2.24) is 25.2 Å². The van der Waals surface area contributed by atoms with E-state index >= 15 is 0 Å². The van der Waals surface area contributed by atoms with Gasteiger partial charge in [-0.15, -0.1) is 10.2 Å². The fourth-order valence-electron chi connectivity index (χ4n) is 1.60. The maximum absolute atomic E-state index is 10.9. The highest BCUT2D eigenvalue weighted by molar-refractivity contribution is 5.80. The molecule has 0 saturated carbocycles. The van der Waals surface area contributed by atoms with E-state index in [4.69, 9.17) is 5.73 Å². The number of hydrogen-bond acceptors (Lipinski definition) is 5. The molecule has 2 heterocycles. The summed E-state index contributed by atoms with van der Waals surface area (Å²) in [5.74, 6) is 0.263. The molecule has 0 saturated heterocycles. The Bertz CT molecular complexity index is 735. The van der Waals surface area contributed by atoms with E-state index in [0.29, 0.717) is 5.69 Å². The summed E-state index contributed by atoms with van der Waals surface area (Å²) in [5.41, 5.74) is 6.40. The Morgan fingerprint density at radius 2 is 2.00 bits per heavy atom. The van der Waals surface area contributed by atoms with Gasteiger partial charge in [-0.3, -0.25) is 0 Å². The largest absolute Gasteiger partial charge is 0.358 e. The third kappa shape index (κ3) is 1.67. The fourth-order valence-corrected chi connectivity index (χ4v) is 1.60. The third-order valence-corrected chi connectivity index (χ3v) is 2.44. The quantitative estimate of drug-likeness (QED) is 0.678. The van der Waals surface area contributed by atoms with Gasteiger partial charge in [-0.1, -0.05) is 29.1 Å². The van der Waals surface area contributed by atoms with Crippen molar-refractivity contribution in [2.75, 3.05) is 0 Å². The fraction of sp³-hybridized carbons (Fsp3) is 0. The number of hydrogen-bond donors (Lipinski definition) is 1. The predicted molar refractivity (Wildman–Crippen MR) is 63.5 cm³/mol. The highest BCUT2D eigenvalue weighted by Gasteiger charge is 2.10. The van der Waals surface area contributed by atoms with Crippen LogP contribution in [-0.4, -0.2) is 31.2 Å². The van der Waals surface area contributed by atoms with Gasteiger partial charge in [0.05, 0.1) is 5.52 Å². The summed E-state index contributed by atoms with van der Waals surface area (Å²) in [6, 6.07) is 10.6. The number of amides is 1. The zero-order valence-electron chi connectivity index (χ0n) is 9.19. The maximum Gasteiger partial charge on any atom is 0.358 e. The van der Waals surface area contributed by atoms with Crippen LogP contribution in [0.5, 0.6) is 0 Å². The van der Waals surface area contributed by atoms with Crippen LogP contribution in [-0.2, 0) is 0 Å². The molecule has 0 radical (unpaired) electrons. The SMILES string of the molecule is NC(=O)n1nnc(-c2ccc3ccccc3n2)n1. The van der Waals surface area contributed by atoms with E-state index in [2.05, 4.69) is 20.4 Å². The molecule has 0 spiro atoms. The van der Waals surface area contributed by atoms with Crippen molar-refractivity contribution in [2.24, 2.45) is 5.73 Å². The van der Waals surface area contributed by atoms with Gasteiger partial charge in [0.25, 0.3) is 0 Å². The van der Waals surface area contributed by atoms with E-state index in [1.54, 1.807) is 6.07 Å². The first kappa shape index (κ1) is 10.3. The van der Waals surface area contributed by atoms with Gasteiger partial charge in [-0.25, -0.2) is 9.78 Å². The number of nitrogens with two attached hydrogens (primary N) is 1. The number of para-hydroxylation sites is 1. The maximum atomic E-state index is 10.9. The molecule has 7 nitrogen and oxygen atoms in total. The summed E-state index contributed by atoms with van der Waals surface area (Å²) in [6.07, 6.45) is 0. The van der Waals surface area contributed by atoms with Gasteiger partial charge < -0.3 is 5.73 Å². The zero-order valence-corrected chi connectivity index (χ0v) is 9.19. The molecule has 1 amide bonds. The van der Waals surface area contributed by atoms with Crippen molar-refractivity contribution in [2.45, 2.75) is 0 Å². The molecule has 0 atom stereocenters. The van der Waals surface area contributed by atoms with Gasteiger partial charge in [0.15, 0.2) is 0 Å². The lowest BCUT2D eigenvalue weighted by molar-refractivity contribution is 0.244. The topological polar surface area (TPSA) is 99.6 Å².